The predicted molar refractivity (Wildman–Crippen MR) is 60.8 cm³/mol. The number of aromatic carboxylic acids is 1. The van der Waals surface area contributed by atoms with Crippen molar-refractivity contribution < 1.29 is 15.0 Å². The minimum absolute atomic E-state index is 0.226. The Hall–Kier alpha value is -0.770. The van der Waals surface area contributed by atoms with E-state index in [2.05, 4.69) is 0 Å². The first-order valence-corrected chi connectivity index (χ1v) is 5.27. The van der Waals surface area contributed by atoms with Gasteiger partial charge in [0.25, 0.3) is 0 Å². The number of carboxylic acid groups (broad SMARTS) is 1. The van der Waals surface area contributed by atoms with Crippen molar-refractivity contribution in [1.82, 2.24) is 0 Å². The second-order valence-corrected chi connectivity index (χ2v) is 3.25. The number of aliphatic hydroxyl groups is 1. The second kappa shape index (κ2) is 8.53. The molecule has 0 aliphatic rings. The lowest BCUT2D eigenvalue weighted by Crippen LogP contribution is -2.08. The first kappa shape index (κ1) is 14.2. The van der Waals surface area contributed by atoms with E-state index in [0.717, 1.165) is 0 Å². The Morgan fingerprint density at radius 1 is 1.20 bits per heavy atom. The van der Waals surface area contributed by atoms with E-state index in [0.29, 0.717) is 5.56 Å². The molecular formula is C10H12Cl2O3. The Bertz CT molecular complexity index is 273. The van der Waals surface area contributed by atoms with E-state index in [9.17, 15) is 4.79 Å². The average molecular weight is 251 g/mol. The molecule has 0 radical (unpaired) electrons. The van der Waals surface area contributed by atoms with Crippen LogP contribution < -0.4 is 0 Å². The maximum absolute atomic E-state index is 10.2. The maximum atomic E-state index is 10.2. The number of halogens is 2. The first-order chi connectivity index (χ1) is 7.11. The van der Waals surface area contributed by atoms with Crippen LogP contribution in [0.25, 0.3) is 0 Å². The van der Waals surface area contributed by atoms with Crippen LogP contribution in [-0.2, 0) is 0 Å². The van der Waals surface area contributed by atoms with Crippen LogP contribution >= 0.6 is 23.2 Å². The van der Waals surface area contributed by atoms with Gasteiger partial charge in [0.1, 0.15) is 0 Å². The molecule has 0 aliphatic heterocycles. The number of rotatable bonds is 3. The minimum atomic E-state index is -0.879. The van der Waals surface area contributed by atoms with Gasteiger partial charge in [-0.3, -0.25) is 0 Å². The molecular weight excluding hydrogens is 239 g/mol. The van der Waals surface area contributed by atoms with E-state index < -0.39 is 12.1 Å². The molecule has 0 saturated carbocycles. The SMILES string of the molecule is O=C(O)c1ccccc1.OC(CCl)CCl. The Morgan fingerprint density at radius 2 is 1.67 bits per heavy atom. The summed E-state index contributed by atoms with van der Waals surface area (Å²) in [5, 5.41) is 16.8. The lowest BCUT2D eigenvalue weighted by Gasteiger charge is -1.94. The molecule has 0 unspecified atom stereocenters. The number of alkyl halides is 2. The highest BCUT2D eigenvalue weighted by Gasteiger charge is 1.96. The summed E-state index contributed by atoms with van der Waals surface area (Å²) in [5.41, 5.74) is 0.331. The Labute approximate surface area is 98.3 Å². The average Bonchev–Trinajstić information content (AvgIpc) is 2.30. The van der Waals surface area contributed by atoms with E-state index in [1.54, 1.807) is 30.3 Å². The third-order valence-corrected chi connectivity index (χ3v) is 2.09. The van der Waals surface area contributed by atoms with Gasteiger partial charge in [0, 0.05) is 11.8 Å². The van der Waals surface area contributed by atoms with Gasteiger partial charge in [-0.2, -0.15) is 0 Å². The smallest absolute Gasteiger partial charge is 0.335 e. The Kier molecular flexibility index (Phi) is 8.09. The Balaban J connectivity index is 0.000000288. The molecule has 0 aliphatic carbocycles. The van der Waals surface area contributed by atoms with E-state index in [4.69, 9.17) is 33.4 Å². The van der Waals surface area contributed by atoms with Crippen molar-refractivity contribution in [2.75, 3.05) is 11.8 Å². The normalized spacial score (nSPS) is 9.33. The molecule has 0 fully saturated rings. The molecule has 0 atom stereocenters. The summed E-state index contributed by atoms with van der Waals surface area (Å²) >= 11 is 10.2. The fourth-order valence-corrected chi connectivity index (χ4v) is 0.952. The van der Waals surface area contributed by atoms with Crippen LogP contribution in [0.15, 0.2) is 30.3 Å². The van der Waals surface area contributed by atoms with E-state index in [1.807, 2.05) is 0 Å². The van der Waals surface area contributed by atoms with Crippen molar-refractivity contribution in [3.63, 3.8) is 0 Å². The van der Waals surface area contributed by atoms with Crippen molar-refractivity contribution in [2.45, 2.75) is 6.10 Å². The number of carboxylic acids is 1. The molecule has 0 heterocycles. The molecule has 5 heteroatoms. The summed E-state index contributed by atoms with van der Waals surface area (Å²) in [6.45, 7) is 0. The summed E-state index contributed by atoms with van der Waals surface area (Å²) in [6, 6.07) is 8.30. The van der Waals surface area contributed by atoms with Gasteiger partial charge in [0.05, 0.1) is 11.7 Å². The molecule has 0 amide bonds. The standard InChI is InChI=1S/C7H6O2.C3H6Cl2O/c8-7(9)6-4-2-1-3-5-6;4-1-3(6)2-5/h1-5H,(H,8,9);3,6H,1-2H2. The van der Waals surface area contributed by atoms with E-state index in [-0.39, 0.29) is 11.8 Å². The quantitative estimate of drug-likeness (QED) is 0.809. The minimum Gasteiger partial charge on any atom is -0.478 e. The summed E-state index contributed by atoms with van der Waals surface area (Å²) in [4.78, 5) is 10.2. The van der Waals surface area contributed by atoms with Gasteiger partial charge in [0.15, 0.2) is 0 Å². The van der Waals surface area contributed by atoms with Crippen LogP contribution in [0.4, 0.5) is 0 Å². The van der Waals surface area contributed by atoms with E-state index in [1.165, 1.54) is 0 Å². The zero-order valence-electron chi connectivity index (χ0n) is 7.94. The van der Waals surface area contributed by atoms with Crippen LogP contribution in [-0.4, -0.2) is 34.0 Å². The number of hydrogen-bond acceptors (Lipinski definition) is 2. The molecule has 0 bridgehead atoms. The van der Waals surface area contributed by atoms with Crippen molar-refractivity contribution >= 4 is 29.2 Å². The molecule has 1 rings (SSSR count). The maximum Gasteiger partial charge on any atom is 0.335 e. The molecule has 0 spiro atoms. The zero-order chi connectivity index (χ0) is 11.7. The van der Waals surface area contributed by atoms with Crippen LogP contribution in [0.1, 0.15) is 10.4 Å². The lowest BCUT2D eigenvalue weighted by molar-refractivity contribution is 0.0697. The lowest BCUT2D eigenvalue weighted by atomic mass is 10.2. The van der Waals surface area contributed by atoms with Gasteiger partial charge in [-0.05, 0) is 12.1 Å². The molecule has 1 aromatic carbocycles. The van der Waals surface area contributed by atoms with E-state index >= 15 is 0 Å². The Morgan fingerprint density at radius 3 is 1.87 bits per heavy atom. The third-order valence-electron chi connectivity index (χ3n) is 1.38. The number of aliphatic hydroxyl groups excluding tert-OH is 1. The van der Waals surface area contributed by atoms with Gasteiger partial charge in [-0.15, -0.1) is 23.2 Å². The van der Waals surface area contributed by atoms with Crippen LogP contribution in [0.3, 0.4) is 0 Å². The van der Waals surface area contributed by atoms with Gasteiger partial charge >= 0.3 is 5.97 Å². The van der Waals surface area contributed by atoms with Crippen molar-refractivity contribution in [3.8, 4) is 0 Å². The summed E-state index contributed by atoms with van der Waals surface area (Å²) in [5.74, 6) is -0.428. The van der Waals surface area contributed by atoms with Crippen molar-refractivity contribution in [1.29, 1.82) is 0 Å². The molecule has 1 aromatic rings. The van der Waals surface area contributed by atoms with Crippen molar-refractivity contribution in [3.05, 3.63) is 35.9 Å². The first-order valence-electron chi connectivity index (χ1n) is 4.20. The molecule has 0 aromatic heterocycles. The largest absolute Gasteiger partial charge is 0.478 e. The molecule has 0 saturated heterocycles. The summed E-state index contributed by atoms with van der Waals surface area (Å²) in [6.07, 6.45) is -0.534. The fourth-order valence-electron chi connectivity index (χ4n) is 0.622. The number of benzene rings is 1. The van der Waals surface area contributed by atoms with Gasteiger partial charge in [0.2, 0.25) is 0 Å². The highest BCUT2D eigenvalue weighted by Crippen LogP contribution is 1.96. The highest BCUT2D eigenvalue weighted by molar-refractivity contribution is 6.21. The zero-order valence-corrected chi connectivity index (χ0v) is 9.45. The third kappa shape index (κ3) is 7.19. The predicted octanol–water partition coefficient (Wildman–Crippen LogP) is 2.21. The number of hydrogen-bond donors (Lipinski definition) is 2. The summed E-state index contributed by atoms with van der Waals surface area (Å²) in [7, 11) is 0. The monoisotopic (exact) mass is 250 g/mol. The van der Waals surface area contributed by atoms with Gasteiger partial charge < -0.3 is 10.2 Å². The topological polar surface area (TPSA) is 57.5 Å². The molecule has 84 valence electrons. The van der Waals surface area contributed by atoms with Crippen molar-refractivity contribution in [2.24, 2.45) is 0 Å². The highest BCUT2D eigenvalue weighted by atomic mass is 35.5. The number of carbonyl (C=O) groups is 1. The summed E-state index contributed by atoms with van der Waals surface area (Å²) < 4.78 is 0. The van der Waals surface area contributed by atoms with Crippen LogP contribution in [0.5, 0.6) is 0 Å². The van der Waals surface area contributed by atoms with Crippen LogP contribution in [0, 0.1) is 0 Å². The second-order valence-electron chi connectivity index (χ2n) is 2.63. The molecule has 15 heavy (non-hydrogen) atoms. The van der Waals surface area contributed by atoms with Gasteiger partial charge in [-0.1, -0.05) is 18.2 Å². The molecule has 3 nitrogen and oxygen atoms in total. The van der Waals surface area contributed by atoms with Crippen LogP contribution in [0.2, 0.25) is 0 Å². The fraction of sp³-hybridized carbons (Fsp3) is 0.300. The molecule has 2 N–H and O–H groups in total. The van der Waals surface area contributed by atoms with Gasteiger partial charge in [-0.25, -0.2) is 4.79 Å².